The number of hydrogen-bond donors (Lipinski definition) is 1. The summed E-state index contributed by atoms with van der Waals surface area (Å²) in [6, 6.07) is 0. The maximum absolute atomic E-state index is 3.66. The molecular weight excluding hydrogens is 146 g/mol. The Morgan fingerprint density at radius 1 is 1.08 bits per heavy atom. The first-order valence-electron chi connectivity index (χ1n) is 5.37. The van der Waals surface area contributed by atoms with Crippen molar-refractivity contribution in [3.8, 4) is 0 Å². The van der Waals surface area contributed by atoms with Gasteiger partial charge in [0, 0.05) is 5.54 Å². The molecule has 70 valence electrons. The van der Waals surface area contributed by atoms with E-state index in [0.29, 0.717) is 11.0 Å². The Morgan fingerprint density at radius 3 is 2.25 bits per heavy atom. The first-order chi connectivity index (χ1) is 5.62. The molecule has 1 aliphatic carbocycles. The molecule has 0 radical (unpaired) electrons. The Morgan fingerprint density at radius 2 is 1.83 bits per heavy atom. The van der Waals surface area contributed by atoms with E-state index in [0.717, 1.165) is 0 Å². The van der Waals surface area contributed by atoms with Crippen LogP contribution < -0.4 is 5.32 Å². The van der Waals surface area contributed by atoms with E-state index in [9.17, 15) is 0 Å². The molecule has 12 heavy (non-hydrogen) atoms. The van der Waals surface area contributed by atoms with Crippen molar-refractivity contribution in [2.75, 3.05) is 6.54 Å². The molecule has 1 N–H and O–H groups in total. The van der Waals surface area contributed by atoms with Crippen LogP contribution in [0.2, 0.25) is 0 Å². The Balaban J connectivity index is 1.92. The van der Waals surface area contributed by atoms with E-state index in [4.69, 9.17) is 0 Å². The summed E-state index contributed by atoms with van der Waals surface area (Å²) in [5, 5.41) is 3.66. The lowest BCUT2D eigenvalue weighted by atomic mass is 9.64. The maximum Gasteiger partial charge on any atom is 0.0159 e. The predicted octanol–water partition coefficient (Wildman–Crippen LogP) is 2.71. The molecule has 0 aromatic carbocycles. The summed E-state index contributed by atoms with van der Waals surface area (Å²) in [6.45, 7) is 6.11. The van der Waals surface area contributed by atoms with Crippen LogP contribution in [0.1, 0.15) is 52.4 Å². The molecule has 1 atom stereocenters. The number of nitrogens with one attached hydrogen (secondary N) is 1. The van der Waals surface area contributed by atoms with Crippen LogP contribution in [0.3, 0.4) is 0 Å². The molecule has 1 unspecified atom stereocenters. The molecule has 1 aliphatic heterocycles. The van der Waals surface area contributed by atoms with Crippen LogP contribution in [0.4, 0.5) is 0 Å². The van der Waals surface area contributed by atoms with Gasteiger partial charge in [-0.05, 0) is 51.0 Å². The zero-order valence-electron chi connectivity index (χ0n) is 8.45. The molecule has 0 aromatic heterocycles. The van der Waals surface area contributed by atoms with Gasteiger partial charge in [0.25, 0.3) is 0 Å². The zero-order valence-corrected chi connectivity index (χ0v) is 8.45. The third-order valence-electron chi connectivity index (χ3n) is 3.83. The largest absolute Gasteiger partial charge is 0.311 e. The van der Waals surface area contributed by atoms with Crippen molar-refractivity contribution in [2.24, 2.45) is 5.41 Å². The summed E-state index contributed by atoms with van der Waals surface area (Å²) in [6.07, 6.45) is 8.57. The van der Waals surface area contributed by atoms with Crippen LogP contribution >= 0.6 is 0 Å². The summed E-state index contributed by atoms with van der Waals surface area (Å²) < 4.78 is 0. The van der Waals surface area contributed by atoms with Crippen molar-refractivity contribution in [3.63, 3.8) is 0 Å². The molecule has 2 fully saturated rings. The van der Waals surface area contributed by atoms with Gasteiger partial charge in [-0.15, -0.1) is 0 Å². The molecule has 0 spiro atoms. The quantitative estimate of drug-likeness (QED) is 0.667. The van der Waals surface area contributed by atoms with Crippen LogP contribution in [0.5, 0.6) is 0 Å². The third kappa shape index (κ3) is 1.52. The third-order valence-corrected chi connectivity index (χ3v) is 3.83. The Labute approximate surface area is 75.9 Å². The molecule has 0 bridgehead atoms. The monoisotopic (exact) mass is 167 g/mol. The second kappa shape index (κ2) is 2.73. The second-order valence-electron chi connectivity index (χ2n) is 5.43. The molecule has 1 heteroatoms. The minimum atomic E-state index is 0.481. The van der Waals surface area contributed by atoms with Gasteiger partial charge in [-0.25, -0.2) is 0 Å². The fourth-order valence-corrected chi connectivity index (χ4v) is 3.01. The molecule has 2 aliphatic rings. The first kappa shape index (κ1) is 8.55. The van der Waals surface area contributed by atoms with Gasteiger partial charge in [-0.2, -0.15) is 0 Å². The summed E-state index contributed by atoms with van der Waals surface area (Å²) in [5.41, 5.74) is 1.17. The lowest BCUT2D eigenvalue weighted by molar-refractivity contribution is 0.102. The van der Waals surface area contributed by atoms with Crippen LogP contribution in [0, 0.1) is 5.41 Å². The van der Waals surface area contributed by atoms with Gasteiger partial charge >= 0.3 is 0 Å². The number of rotatable bonds is 2. The number of hydrogen-bond acceptors (Lipinski definition) is 1. The first-order valence-corrected chi connectivity index (χ1v) is 5.37. The summed E-state index contributed by atoms with van der Waals surface area (Å²) in [5.74, 6) is 0. The van der Waals surface area contributed by atoms with Crippen LogP contribution in [-0.2, 0) is 0 Å². The minimum Gasteiger partial charge on any atom is -0.311 e. The standard InChI is InChI=1S/C11H21N/c1-10(5-3-6-10)9-11(2)7-4-8-12-11/h12H,3-9H2,1-2H3. The van der Waals surface area contributed by atoms with E-state index in [1.54, 1.807) is 0 Å². The summed E-state index contributed by atoms with van der Waals surface area (Å²) in [7, 11) is 0. The Hall–Kier alpha value is -0.0400. The van der Waals surface area contributed by atoms with Gasteiger partial charge in [0.05, 0.1) is 0 Å². The highest BCUT2D eigenvalue weighted by Crippen LogP contribution is 2.47. The summed E-state index contributed by atoms with van der Waals surface area (Å²) >= 11 is 0. The van der Waals surface area contributed by atoms with Gasteiger partial charge in [0.15, 0.2) is 0 Å². The molecule has 1 saturated heterocycles. The fourth-order valence-electron chi connectivity index (χ4n) is 3.01. The van der Waals surface area contributed by atoms with Crippen molar-refractivity contribution >= 4 is 0 Å². The van der Waals surface area contributed by atoms with E-state index >= 15 is 0 Å². The average molecular weight is 167 g/mol. The van der Waals surface area contributed by atoms with E-state index in [1.807, 2.05) is 0 Å². The van der Waals surface area contributed by atoms with E-state index in [2.05, 4.69) is 19.2 Å². The van der Waals surface area contributed by atoms with Crippen molar-refractivity contribution in [3.05, 3.63) is 0 Å². The molecular formula is C11H21N. The maximum atomic E-state index is 3.66. The minimum absolute atomic E-state index is 0.481. The molecule has 2 rings (SSSR count). The molecule has 0 amide bonds. The zero-order chi connectivity index (χ0) is 8.66. The van der Waals surface area contributed by atoms with Gasteiger partial charge in [-0.3, -0.25) is 0 Å². The highest BCUT2D eigenvalue weighted by Gasteiger charge is 2.40. The van der Waals surface area contributed by atoms with Gasteiger partial charge in [0.2, 0.25) is 0 Å². The second-order valence-corrected chi connectivity index (χ2v) is 5.43. The Kier molecular flexibility index (Phi) is 1.95. The van der Waals surface area contributed by atoms with Crippen molar-refractivity contribution in [1.29, 1.82) is 0 Å². The lowest BCUT2D eigenvalue weighted by Crippen LogP contribution is -2.43. The van der Waals surface area contributed by atoms with Crippen molar-refractivity contribution in [1.82, 2.24) is 5.32 Å². The van der Waals surface area contributed by atoms with E-state index in [1.165, 1.54) is 45.1 Å². The Bertz CT molecular complexity index is 164. The molecule has 1 nitrogen and oxygen atoms in total. The van der Waals surface area contributed by atoms with Gasteiger partial charge in [0.1, 0.15) is 0 Å². The van der Waals surface area contributed by atoms with Crippen LogP contribution in [0.15, 0.2) is 0 Å². The van der Waals surface area contributed by atoms with E-state index < -0.39 is 0 Å². The van der Waals surface area contributed by atoms with Crippen molar-refractivity contribution in [2.45, 2.75) is 57.9 Å². The fraction of sp³-hybridized carbons (Fsp3) is 1.00. The molecule has 0 aromatic rings. The van der Waals surface area contributed by atoms with Crippen LogP contribution in [0.25, 0.3) is 0 Å². The average Bonchev–Trinajstić information content (AvgIpc) is 2.33. The highest BCUT2D eigenvalue weighted by atomic mass is 15.0. The highest BCUT2D eigenvalue weighted by molar-refractivity contribution is 4.97. The van der Waals surface area contributed by atoms with E-state index in [-0.39, 0.29) is 0 Å². The summed E-state index contributed by atoms with van der Waals surface area (Å²) in [4.78, 5) is 0. The van der Waals surface area contributed by atoms with Crippen molar-refractivity contribution < 1.29 is 0 Å². The predicted molar refractivity (Wildman–Crippen MR) is 52.2 cm³/mol. The molecule has 1 heterocycles. The normalized spacial score (nSPS) is 39.5. The topological polar surface area (TPSA) is 12.0 Å². The van der Waals surface area contributed by atoms with Gasteiger partial charge < -0.3 is 5.32 Å². The van der Waals surface area contributed by atoms with Gasteiger partial charge in [-0.1, -0.05) is 13.3 Å². The molecule has 1 saturated carbocycles. The van der Waals surface area contributed by atoms with Crippen LogP contribution in [-0.4, -0.2) is 12.1 Å². The smallest absolute Gasteiger partial charge is 0.0159 e. The SMILES string of the molecule is CC1(CC2(C)CCCN2)CCC1. The lowest BCUT2D eigenvalue weighted by Gasteiger charge is -2.44.